The Morgan fingerprint density at radius 3 is 1.79 bits per heavy atom. The molecule has 0 aliphatic heterocycles. The van der Waals surface area contributed by atoms with E-state index in [0.717, 1.165) is 70.6 Å². The molecule has 0 radical (unpaired) electrons. The zero-order valence-electron chi connectivity index (χ0n) is 36.6. The van der Waals surface area contributed by atoms with Crippen LogP contribution in [0.3, 0.4) is 0 Å². The number of benzene rings is 4. The van der Waals surface area contributed by atoms with Crippen LogP contribution in [0.5, 0.6) is 0 Å². The van der Waals surface area contributed by atoms with Gasteiger partial charge in [0.15, 0.2) is 11.6 Å². The van der Waals surface area contributed by atoms with Crippen molar-refractivity contribution in [2.24, 2.45) is 5.92 Å². The van der Waals surface area contributed by atoms with E-state index in [4.69, 9.17) is 0 Å². The van der Waals surface area contributed by atoms with Crippen LogP contribution in [0.1, 0.15) is 123 Å². The van der Waals surface area contributed by atoms with E-state index in [9.17, 15) is 0 Å². The van der Waals surface area contributed by atoms with Gasteiger partial charge in [-0.2, -0.15) is 0 Å². The molecule has 0 aromatic heterocycles. The van der Waals surface area contributed by atoms with Crippen LogP contribution in [0.25, 0.3) is 11.1 Å². The second-order valence-electron chi connectivity index (χ2n) is 16.1. The summed E-state index contributed by atoms with van der Waals surface area (Å²) in [7, 11) is 0. The molecule has 3 aliphatic carbocycles. The van der Waals surface area contributed by atoms with Gasteiger partial charge in [0.25, 0.3) is 0 Å². The quantitative estimate of drug-likeness (QED) is 0.0628. The third-order valence-electron chi connectivity index (χ3n) is 11.4. The average Bonchev–Trinajstić information content (AvgIpc) is 3.29. The fourth-order valence-corrected chi connectivity index (χ4v) is 11.7. The van der Waals surface area contributed by atoms with Crippen molar-refractivity contribution in [2.75, 3.05) is 0 Å². The summed E-state index contributed by atoms with van der Waals surface area (Å²) < 4.78 is 0. The van der Waals surface area contributed by atoms with Crippen LogP contribution in [0, 0.1) is 18.8 Å². The van der Waals surface area contributed by atoms with E-state index in [-0.39, 0.29) is 11.6 Å². The smallest absolute Gasteiger partial charge is 0.196 e. The fraction of sp³-hybridized carbons (Fsp3) is 0.250. The Labute approximate surface area is 387 Å². The van der Waals surface area contributed by atoms with E-state index < -0.39 is 0 Å². The number of hydrogen-bond acceptors (Lipinski definition) is 6. The first-order valence-corrected chi connectivity index (χ1v) is 24.7. The second kappa shape index (κ2) is 22.1. The molecule has 0 bridgehead atoms. The normalized spacial score (nSPS) is 17.5. The standard InChI is InChI=1S/C54H54O2S4.C2H2/c1-8-10-11-42(9-2)58-46-32-33-48(59-43-26-15-36(6)16-27-43)52-50(46)54(56)51-47(31-30-45(49(51)53(52)55)57-37(7)17-12-34(3)4)60-44-28-24-41(25-29-44)40-22-20-39(21-23-40)38-18-13-35(5)14-19-38;1-2/h9-12,15,17,20-26,28-33,35,38H,3,7-8,13-14,16,18-19,27H2,1-2,4-6H3;1-2H/b11-10-,17-12-,42-9+;. The first kappa shape index (κ1) is 46.9. The van der Waals surface area contributed by atoms with E-state index >= 15 is 9.59 Å². The Bertz CT molecular complexity index is 2520. The minimum atomic E-state index is -0.123. The van der Waals surface area contributed by atoms with Gasteiger partial charge in [0.1, 0.15) is 0 Å². The first-order valence-electron chi connectivity index (χ1n) is 21.4. The SMILES string of the molecule is C#C.C=C(C)/C=C\C(=C)Sc1ccc(Sc2ccc(-c3ccc(C4CCC(C)CC4)cc3)cc2)c2c1C(=O)c1c(SC3=CC=C(C)CC3)ccc(SC(/C=C\CC)=C/C)c1C2=O. The van der Waals surface area contributed by atoms with Gasteiger partial charge in [0.05, 0.1) is 0 Å². The molecule has 3 aliphatic rings. The lowest BCUT2D eigenvalue weighted by atomic mass is 9.79. The number of rotatable bonds is 14. The summed E-state index contributed by atoms with van der Waals surface area (Å²) in [6.07, 6.45) is 30.4. The van der Waals surface area contributed by atoms with Crippen molar-refractivity contribution in [3.8, 4) is 24.0 Å². The molecule has 0 heterocycles. The predicted octanol–water partition coefficient (Wildman–Crippen LogP) is 17.2. The molecule has 62 heavy (non-hydrogen) atoms. The summed E-state index contributed by atoms with van der Waals surface area (Å²) >= 11 is 6.11. The maximum atomic E-state index is 15.4. The molecule has 2 nitrogen and oxygen atoms in total. The highest BCUT2D eigenvalue weighted by atomic mass is 32.2. The minimum absolute atomic E-state index is 0.120. The lowest BCUT2D eigenvalue weighted by molar-refractivity contribution is 0.0970. The fourth-order valence-electron chi connectivity index (χ4n) is 7.91. The van der Waals surface area contributed by atoms with Crippen LogP contribution in [-0.2, 0) is 0 Å². The molecule has 1 saturated carbocycles. The van der Waals surface area contributed by atoms with Crippen molar-refractivity contribution < 1.29 is 9.59 Å². The summed E-state index contributed by atoms with van der Waals surface area (Å²) in [6, 6.07) is 25.8. The van der Waals surface area contributed by atoms with Gasteiger partial charge in [0.2, 0.25) is 0 Å². The van der Waals surface area contributed by atoms with Gasteiger partial charge in [-0.25, -0.2) is 0 Å². The summed E-state index contributed by atoms with van der Waals surface area (Å²) in [4.78, 5) is 37.8. The van der Waals surface area contributed by atoms with Gasteiger partial charge in [-0.3, -0.25) is 9.59 Å². The second-order valence-corrected chi connectivity index (χ2v) is 20.7. The molecule has 0 saturated heterocycles. The van der Waals surface area contributed by atoms with E-state index in [1.807, 2.05) is 50.3 Å². The molecule has 4 aromatic carbocycles. The Kier molecular flexibility index (Phi) is 16.7. The number of terminal acetylenes is 1. The Balaban J connectivity index is 0.00000316. The summed E-state index contributed by atoms with van der Waals surface area (Å²) in [5, 5.41) is 0. The molecule has 0 unspecified atom stereocenters. The Hall–Kier alpha value is -4.64. The number of thioether (sulfide) groups is 3. The lowest BCUT2D eigenvalue weighted by Crippen LogP contribution is -2.24. The molecule has 0 amide bonds. The van der Waals surface area contributed by atoms with Gasteiger partial charge in [-0.05, 0) is 129 Å². The van der Waals surface area contributed by atoms with Crippen molar-refractivity contribution in [3.05, 3.63) is 182 Å². The Morgan fingerprint density at radius 2 is 1.24 bits per heavy atom. The lowest BCUT2D eigenvalue weighted by Gasteiger charge is -2.26. The van der Waals surface area contributed by atoms with Crippen molar-refractivity contribution in [3.63, 3.8) is 0 Å². The van der Waals surface area contributed by atoms with Gasteiger partial charge in [-0.1, -0.05) is 171 Å². The van der Waals surface area contributed by atoms with Gasteiger partial charge >= 0.3 is 0 Å². The van der Waals surface area contributed by atoms with Gasteiger partial charge in [0, 0.05) is 56.5 Å². The zero-order valence-corrected chi connectivity index (χ0v) is 39.9. The first-order chi connectivity index (χ1) is 30.0. The summed E-state index contributed by atoms with van der Waals surface area (Å²) in [5.74, 6) is 1.26. The van der Waals surface area contributed by atoms with Crippen LogP contribution in [0.15, 0.2) is 179 Å². The monoisotopic (exact) mass is 888 g/mol. The average molecular weight is 889 g/mol. The van der Waals surface area contributed by atoms with Crippen molar-refractivity contribution >= 4 is 58.6 Å². The highest BCUT2D eigenvalue weighted by molar-refractivity contribution is 8.04. The number of carbonyl (C=O) groups is 2. The van der Waals surface area contributed by atoms with Gasteiger partial charge in [-0.15, -0.1) is 12.8 Å². The Morgan fingerprint density at radius 1 is 0.694 bits per heavy atom. The van der Waals surface area contributed by atoms with E-state index in [0.29, 0.717) is 28.2 Å². The van der Waals surface area contributed by atoms with Crippen LogP contribution >= 0.6 is 47.0 Å². The molecule has 4 aromatic rings. The molecule has 6 heteroatoms. The number of carbonyl (C=O) groups excluding carboxylic acids is 2. The molecule has 0 spiro atoms. The topological polar surface area (TPSA) is 34.1 Å². The third-order valence-corrected chi connectivity index (χ3v) is 15.7. The van der Waals surface area contributed by atoms with Crippen LogP contribution in [0.4, 0.5) is 0 Å². The third kappa shape index (κ3) is 11.3. The number of allylic oxidation sites excluding steroid dienone is 10. The number of ketones is 2. The maximum Gasteiger partial charge on any atom is 0.196 e. The molecule has 0 atom stereocenters. The van der Waals surface area contributed by atoms with E-state index in [2.05, 4.69) is 126 Å². The van der Waals surface area contributed by atoms with E-state index in [1.165, 1.54) is 70.8 Å². The molecule has 0 N–H and O–H groups in total. The predicted molar refractivity (Wildman–Crippen MR) is 271 cm³/mol. The number of fused-ring (bicyclic) bond motifs is 2. The highest BCUT2D eigenvalue weighted by Crippen LogP contribution is 2.49. The van der Waals surface area contributed by atoms with E-state index in [1.54, 1.807) is 23.5 Å². The molecule has 1 fully saturated rings. The van der Waals surface area contributed by atoms with Crippen LogP contribution in [0.2, 0.25) is 0 Å². The largest absolute Gasteiger partial charge is 0.288 e. The van der Waals surface area contributed by atoms with Crippen LogP contribution < -0.4 is 0 Å². The molecular weight excluding hydrogens is 833 g/mol. The maximum absolute atomic E-state index is 15.4. The zero-order chi connectivity index (χ0) is 44.3. The number of hydrogen-bond donors (Lipinski definition) is 0. The summed E-state index contributed by atoms with van der Waals surface area (Å²) in [6.45, 7) is 18.9. The van der Waals surface area contributed by atoms with Gasteiger partial charge < -0.3 is 0 Å². The minimum Gasteiger partial charge on any atom is -0.288 e. The molecule has 316 valence electrons. The van der Waals surface area contributed by atoms with Crippen molar-refractivity contribution in [1.29, 1.82) is 0 Å². The summed E-state index contributed by atoms with van der Waals surface area (Å²) in [5.41, 5.74) is 7.93. The van der Waals surface area contributed by atoms with Crippen molar-refractivity contribution in [1.82, 2.24) is 0 Å². The molecular formula is C56H56O2S4. The van der Waals surface area contributed by atoms with Crippen molar-refractivity contribution in [2.45, 2.75) is 110 Å². The highest BCUT2D eigenvalue weighted by Gasteiger charge is 2.38. The van der Waals surface area contributed by atoms with Crippen LogP contribution in [-0.4, -0.2) is 11.6 Å². The molecule has 7 rings (SSSR count).